The quantitative estimate of drug-likeness (QED) is 0.595. The SMILES string of the molecule is Cc1ccc(COC[C@@H]2CCc3cc([C@H](CN)CCCCO)ccc3C2)cc1. The molecule has 0 unspecified atom stereocenters. The van der Waals surface area contributed by atoms with E-state index in [2.05, 4.69) is 49.4 Å². The molecule has 0 aromatic heterocycles. The van der Waals surface area contributed by atoms with Crippen LogP contribution in [0.2, 0.25) is 0 Å². The molecule has 0 spiro atoms. The Balaban J connectivity index is 1.51. The van der Waals surface area contributed by atoms with Gasteiger partial charge in [0.1, 0.15) is 0 Å². The molecular formula is C25H35NO2. The van der Waals surface area contributed by atoms with E-state index < -0.39 is 0 Å². The number of ether oxygens (including phenoxy) is 1. The Kier molecular flexibility index (Phi) is 8.08. The van der Waals surface area contributed by atoms with Crippen molar-refractivity contribution in [2.75, 3.05) is 19.8 Å². The minimum absolute atomic E-state index is 0.273. The van der Waals surface area contributed by atoms with Crippen LogP contribution in [0.1, 0.15) is 59.4 Å². The van der Waals surface area contributed by atoms with Gasteiger partial charge in [-0.2, -0.15) is 0 Å². The van der Waals surface area contributed by atoms with E-state index in [1.54, 1.807) is 0 Å². The van der Waals surface area contributed by atoms with Crippen LogP contribution in [0.3, 0.4) is 0 Å². The predicted octanol–water partition coefficient (Wildman–Crippen LogP) is 4.52. The molecule has 2 aromatic rings. The average Bonchev–Trinajstić information content (AvgIpc) is 2.72. The second-order valence-electron chi connectivity index (χ2n) is 8.29. The predicted molar refractivity (Wildman–Crippen MR) is 116 cm³/mol. The molecule has 1 aliphatic rings. The molecule has 3 rings (SSSR count). The number of fused-ring (bicyclic) bond motifs is 1. The highest BCUT2D eigenvalue weighted by Gasteiger charge is 2.20. The summed E-state index contributed by atoms with van der Waals surface area (Å²) in [4.78, 5) is 0. The highest BCUT2D eigenvalue weighted by atomic mass is 16.5. The number of unbranched alkanes of at least 4 members (excludes halogenated alkanes) is 1. The molecular weight excluding hydrogens is 346 g/mol. The van der Waals surface area contributed by atoms with Crippen molar-refractivity contribution in [3.05, 3.63) is 70.3 Å². The van der Waals surface area contributed by atoms with Crippen molar-refractivity contribution in [2.45, 2.75) is 58.0 Å². The lowest BCUT2D eigenvalue weighted by atomic mass is 9.81. The first-order valence-electron chi connectivity index (χ1n) is 10.8. The minimum Gasteiger partial charge on any atom is -0.396 e. The van der Waals surface area contributed by atoms with Crippen LogP contribution in [0.15, 0.2) is 42.5 Å². The third-order valence-corrected chi connectivity index (χ3v) is 6.02. The number of benzene rings is 2. The number of hydrogen-bond acceptors (Lipinski definition) is 3. The molecule has 3 nitrogen and oxygen atoms in total. The third-order valence-electron chi connectivity index (χ3n) is 6.02. The van der Waals surface area contributed by atoms with E-state index in [1.165, 1.54) is 34.2 Å². The standard InChI is InChI=1S/C25H35NO2/c1-19-5-7-20(8-6-19)17-28-18-21-9-10-23-15-24(12-11-22(23)14-21)25(16-26)4-2-3-13-27/h5-8,11-12,15,21,25,27H,2-4,9-10,13-14,16-18,26H2,1H3/t21-,25+/m1/s1. The average molecular weight is 382 g/mol. The molecule has 0 fully saturated rings. The molecule has 2 aromatic carbocycles. The molecule has 0 bridgehead atoms. The zero-order valence-corrected chi connectivity index (χ0v) is 17.2. The summed E-state index contributed by atoms with van der Waals surface area (Å²) in [6.45, 7) is 4.60. The summed E-state index contributed by atoms with van der Waals surface area (Å²) in [6, 6.07) is 15.6. The topological polar surface area (TPSA) is 55.5 Å². The van der Waals surface area contributed by atoms with Crippen LogP contribution < -0.4 is 5.73 Å². The molecule has 3 N–H and O–H groups in total. The number of hydrogen-bond donors (Lipinski definition) is 2. The second kappa shape index (κ2) is 10.8. The van der Waals surface area contributed by atoms with Gasteiger partial charge in [-0.1, -0.05) is 54.4 Å². The molecule has 0 aliphatic heterocycles. The third kappa shape index (κ3) is 5.91. The van der Waals surface area contributed by atoms with Crippen molar-refractivity contribution >= 4 is 0 Å². The molecule has 28 heavy (non-hydrogen) atoms. The van der Waals surface area contributed by atoms with Gasteiger partial charge in [0.25, 0.3) is 0 Å². The van der Waals surface area contributed by atoms with Crippen molar-refractivity contribution in [3.8, 4) is 0 Å². The molecule has 3 heteroatoms. The Labute approximate surface area is 169 Å². The Morgan fingerprint density at radius 3 is 2.68 bits per heavy atom. The Morgan fingerprint density at radius 1 is 1.11 bits per heavy atom. The summed E-state index contributed by atoms with van der Waals surface area (Å²) in [5.74, 6) is 1.02. The molecule has 2 atom stereocenters. The molecule has 0 amide bonds. The van der Waals surface area contributed by atoms with Gasteiger partial charge in [-0.05, 0) is 79.7 Å². The number of aliphatic hydroxyl groups is 1. The minimum atomic E-state index is 0.273. The molecule has 0 saturated carbocycles. The van der Waals surface area contributed by atoms with Crippen molar-refractivity contribution in [2.24, 2.45) is 11.7 Å². The van der Waals surface area contributed by atoms with Crippen LogP contribution in [0.4, 0.5) is 0 Å². The van der Waals surface area contributed by atoms with Crippen LogP contribution in [0.5, 0.6) is 0 Å². The van der Waals surface area contributed by atoms with Crippen LogP contribution in [0.25, 0.3) is 0 Å². The first-order valence-corrected chi connectivity index (χ1v) is 10.8. The second-order valence-corrected chi connectivity index (χ2v) is 8.29. The molecule has 0 saturated heterocycles. The smallest absolute Gasteiger partial charge is 0.0717 e. The largest absolute Gasteiger partial charge is 0.396 e. The van der Waals surface area contributed by atoms with Crippen LogP contribution in [-0.2, 0) is 24.2 Å². The van der Waals surface area contributed by atoms with E-state index in [9.17, 15) is 0 Å². The fourth-order valence-electron chi connectivity index (χ4n) is 4.20. The van der Waals surface area contributed by atoms with Crippen LogP contribution in [0, 0.1) is 12.8 Å². The zero-order chi connectivity index (χ0) is 19.8. The summed E-state index contributed by atoms with van der Waals surface area (Å²) in [5, 5.41) is 9.00. The Bertz CT molecular complexity index is 726. The van der Waals surface area contributed by atoms with Gasteiger partial charge in [0, 0.05) is 6.61 Å². The lowest BCUT2D eigenvalue weighted by Gasteiger charge is -2.26. The maximum Gasteiger partial charge on any atom is 0.0717 e. The van der Waals surface area contributed by atoms with Gasteiger partial charge in [0.2, 0.25) is 0 Å². The number of rotatable bonds is 10. The Hall–Kier alpha value is -1.68. The monoisotopic (exact) mass is 381 g/mol. The van der Waals surface area contributed by atoms with Gasteiger partial charge in [0.15, 0.2) is 0 Å². The van der Waals surface area contributed by atoms with Gasteiger partial charge < -0.3 is 15.6 Å². The summed E-state index contributed by atoms with van der Waals surface area (Å²) in [7, 11) is 0. The van der Waals surface area contributed by atoms with Crippen molar-refractivity contribution in [1.82, 2.24) is 0 Å². The summed E-state index contributed by atoms with van der Waals surface area (Å²) < 4.78 is 6.01. The molecule has 0 radical (unpaired) electrons. The maximum atomic E-state index is 9.00. The number of aliphatic hydroxyl groups excluding tert-OH is 1. The highest BCUT2D eigenvalue weighted by Crippen LogP contribution is 2.30. The van der Waals surface area contributed by atoms with Crippen LogP contribution in [-0.4, -0.2) is 24.9 Å². The van der Waals surface area contributed by atoms with Crippen molar-refractivity contribution in [1.29, 1.82) is 0 Å². The highest BCUT2D eigenvalue weighted by molar-refractivity contribution is 5.36. The van der Waals surface area contributed by atoms with E-state index in [0.29, 0.717) is 25.0 Å². The first-order chi connectivity index (χ1) is 13.7. The summed E-state index contributed by atoms with van der Waals surface area (Å²) >= 11 is 0. The van der Waals surface area contributed by atoms with Gasteiger partial charge >= 0.3 is 0 Å². The number of nitrogens with two attached hydrogens (primary N) is 1. The molecule has 1 aliphatic carbocycles. The lowest BCUT2D eigenvalue weighted by Crippen LogP contribution is -2.20. The molecule has 0 heterocycles. The lowest BCUT2D eigenvalue weighted by molar-refractivity contribution is 0.0823. The first kappa shape index (κ1) is 21.0. The van der Waals surface area contributed by atoms with Crippen molar-refractivity contribution < 1.29 is 9.84 Å². The maximum absolute atomic E-state index is 9.00. The van der Waals surface area contributed by atoms with Crippen molar-refractivity contribution in [3.63, 3.8) is 0 Å². The van der Waals surface area contributed by atoms with E-state index in [0.717, 1.165) is 38.7 Å². The van der Waals surface area contributed by atoms with Gasteiger partial charge in [0.05, 0.1) is 13.2 Å². The summed E-state index contributed by atoms with van der Waals surface area (Å²) in [6.07, 6.45) is 6.41. The fourth-order valence-corrected chi connectivity index (χ4v) is 4.20. The Morgan fingerprint density at radius 2 is 1.93 bits per heavy atom. The summed E-state index contributed by atoms with van der Waals surface area (Å²) in [5.41, 5.74) is 12.9. The molecule has 152 valence electrons. The normalized spacial score (nSPS) is 17.3. The van der Waals surface area contributed by atoms with Gasteiger partial charge in [-0.15, -0.1) is 0 Å². The van der Waals surface area contributed by atoms with Crippen LogP contribution >= 0.6 is 0 Å². The van der Waals surface area contributed by atoms with E-state index in [4.69, 9.17) is 15.6 Å². The zero-order valence-electron chi connectivity index (χ0n) is 17.2. The van der Waals surface area contributed by atoms with Gasteiger partial charge in [-0.3, -0.25) is 0 Å². The number of aryl methyl sites for hydroxylation is 2. The van der Waals surface area contributed by atoms with E-state index in [1.807, 2.05) is 0 Å². The van der Waals surface area contributed by atoms with Gasteiger partial charge in [-0.25, -0.2) is 0 Å². The van der Waals surface area contributed by atoms with E-state index in [-0.39, 0.29) is 6.61 Å². The fraction of sp³-hybridized carbons (Fsp3) is 0.520. The van der Waals surface area contributed by atoms with E-state index >= 15 is 0 Å².